The van der Waals surface area contributed by atoms with E-state index in [-0.39, 0.29) is 5.97 Å². The molecule has 1 aromatic rings. The van der Waals surface area contributed by atoms with Gasteiger partial charge in [-0.25, -0.2) is 4.79 Å². The van der Waals surface area contributed by atoms with E-state index in [4.69, 9.17) is 9.47 Å². The maximum Gasteiger partial charge on any atom is 0.347 e. The molecule has 1 heterocycles. The van der Waals surface area contributed by atoms with Gasteiger partial charge in [-0.1, -0.05) is 19.9 Å². The van der Waals surface area contributed by atoms with Crippen LogP contribution in [-0.4, -0.2) is 24.7 Å². The number of halogens is 1. The van der Waals surface area contributed by atoms with E-state index < -0.39 is 6.10 Å². The van der Waals surface area contributed by atoms with Crippen molar-refractivity contribution in [1.29, 1.82) is 0 Å². The van der Waals surface area contributed by atoms with Gasteiger partial charge in [0.25, 0.3) is 0 Å². The van der Waals surface area contributed by atoms with Gasteiger partial charge in [0, 0.05) is 19.0 Å². The lowest BCUT2D eigenvalue weighted by Gasteiger charge is -2.13. The first-order valence-corrected chi connectivity index (χ1v) is 7.20. The standard InChI is InChI=1S/C14H18BrNO3/c1-9(2)16-8-10-3-4-12(11(15)7-10)19-13-5-6-18-14(13)17/h3-4,7,9,13,16H,5-6,8H2,1-2H3. The van der Waals surface area contributed by atoms with E-state index in [0.717, 1.165) is 11.0 Å². The number of carbonyl (C=O) groups is 1. The van der Waals surface area contributed by atoms with Gasteiger partial charge in [0.05, 0.1) is 11.1 Å². The fourth-order valence-electron chi connectivity index (χ4n) is 1.81. The molecule has 1 N–H and O–H groups in total. The second kappa shape index (κ2) is 6.39. The summed E-state index contributed by atoms with van der Waals surface area (Å²) < 4.78 is 11.4. The van der Waals surface area contributed by atoms with Gasteiger partial charge in [0.2, 0.25) is 0 Å². The largest absolute Gasteiger partial charge is 0.477 e. The summed E-state index contributed by atoms with van der Waals surface area (Å²) in [5.74, 6) is 0.398. The van der Waals surface area contributed by atoms with Crippen LogP contribution in [0.5, 0.6) is 5.75 Å². The number of esters is 1. The zero-order valence-corrected chi connectivity index (χ0v) is 12.7. The van der Waals surface area contributed by atoms with Crippen LogP contribution in [0.1, 0.15) is 25.8 Å². The number of ether oxygens (including phenoxy) is 2. The molecule has 0 aliphatic carbocycles. The van der Waals surface area contributed by atoms with Gasteiger partial charge < -0.3 is 14.8 Å². The summed E-state index contributed by atoms with van der Waals surface area (Å²) >= 11 is 3.48. The van der Waals surface area contributed by atoms with Gasteiger partial charge in [-0.05, 0) is 33.6 Å². The monoisotopic (exact) mass is 327 g/mol. The minimum Gasteiger partial charge on any atom is -0.477 e. The lowest BCUT2D eigenvalue weighted by molar-refractivity contribution is -0.143. The molecule has 1 saturated heterocycles. The highest BCUT2D eigenvalue weighted by atomic mass is 79.9. The second-order valence-electron chi connectivity index (χ2n) is 4.86. The van der Waals surface area contributed by atoms with Crippen LogP contribution in [0.2, 0.25) is 0 Å². The van der Waals surface area contributed by atoms with Crippen molar-refractivity contribution < 1.29 is 14.3 Å². The van der Waals surface area contributed by atoms with Crippen molar-refractivity contribution in [3.63, 3.8) is 0 Å². The molecule has 1 atom stereocenters. The highest BCUT2D eigenvalue weighted by Crippen LogP contribution is 2.28. The van der Waals surface area contributed by atoms with Gasteiger partial charge in [-0.15, -0.1) is 0 Å². The summed E-state index contributed by atoms with van der Waals surface area (Å²) in [4.78, 5) is 11.4. The van der Waals surface area contributed by atoms with Crippen molar-refractivity contribution >= 4 is 21.9 Å². The fourth-order valence-corrected chi connectivity index (χ4v) is 2.33. The molecule has 0 amide bonds. The molecule has 0 radical (unpaired) electrons. The third-order valence-corrected chi connectivity index (χ3v) is 3.49. The average molecular weight is 328 g/mol. The number of nitrogens with one attached hydrogen (secondary N) is 1. The van der Waals surface area contributed by atoms with Crippen LogP contribution < -0.4 is 10.1 Å². The van der Waals surface area contributed by atoms with E-state index in [0.29, 0.717) is 24.8 Å². The molecule has 1 aromatic carbocycles. The van der Waals surface area contributed by atoms with E-state index in [2.05, 4.69) is 35.1 Å². The van der Waals surface area contributed by atoms with Gasteiger partial charge in [-0.2, -0.15) is 0 Å². The van der Waals surface area contributed by atoms with Crippen molar-refractivity contribution in [2.75, 3.05) is 6.61 Å². The van der Waals surface area contributed by atoms with Crippen LogP contribution in [0.4, 0.5) is 0 Å². The van der Waals surface area contributed by atoms with Gasteiger partial charge in [0.15, 0.2) is 6.10 Å². The predicted octanol–water partition coefficient (Wildman–Crippen LogP) is 2.64. The molecular weight excluding hydrogens is 310 g/mol. The van der Waals surface area contributed by atoms with E-state index in [1.54, 1.807) is 0 Å². The Morgan fingerprint density at radius 2 is 2.32 bits per heavy atom. The van der Waals surface area contributed by atoms with Crippen LogP contribution in [0, 0.1) is 0 Å². The Labute approximate surface area is 121 Å². The van der Waals surface area contributed by atoms with Gasteiger partial charge in [-0.3, -0.25) is 0 Å². The zero-order chi connectivity index (χ0) is 13.8. The molecular formula is C14H18BrNO3. The van der Waals surface area contributed by atoms with Crippen LogP contribution in [-0.2, 0) is 16.1 Å². The van der Waals surface area contributed by atoms with Crippen LogP contribution in [0.15, 0.2) is 22.7 Å². The molecule has 4 nitrogen and oxygen atoms in total. The van der Waals surface area contributed by atoms with Crippen molar-refractivity contribution in [3.8, 4) is 5.75 Å². The predicted molar refractivity (Wildman–Crippen MR) is 76.1 cm³/mol. The van der Waals surface area contributed by atoms with Gasteiger partial charge >= 0.3 is 5.97 Å². The second-order valence-corrected chi connectivity index (χ2v) is 5.72. The summed E-state index contributed by atoms with van der Waals surface area (Å²) in [6.45, 7) is 5.47. The molecule has 5 heteroatoms. The third kappa shape index (κ3) is 3.94. The number of hydrogen-bond acceptors (Lipinski definition) is 4. The molecule has 0 bridgehead atoms. The average Bonchev–Trinajstić information content (AvgIpc) is 2.75. The van der Waals surface area contributed by atoms with Crippen molar-refractivity contribution in [2.24, 2.45) is 0 Å². The lowest BCUT2D eigenvalue weighted by Crippen LogP contribution is -2.22. The first kappa shape index (κ1) is 14.3. The lowest BCUT2D eigenvalue weighted by atomic mass is 10.2. The molecule has 1 aliphatic rings. The minimum atomic E-state index is -0.476. The molecule has 1 fully saturated rings. The molecule has 0 saturated carbocycles. The number of carbonyl (C=O) groups excluding carboxylic acids is 1. The Balaban J connectivity index is 2.00. The highest BCUT2D eigenvalue weighted by Gasteiger charge is 2.28. The quantitative estimate of drug-likeness (QED) is 0.844. The molecule has 1 unspecified atom stereocenters. The number of hydrogen-bond donors (Lipinski definition) is 1. The zero-order valence-electron chi connectivity index (χ0n) is 11.1. The Morgan fingerprint density at radius 3 is 2.89 bits per heavy atom. The Hall–Kier alpha value is -1.07. The molecule has 1 aliphatic heterocycles. The first-order valence-electron chi connectivity index (χ1n) is 6.41. The highest BCUT2D eigenvalue weighted by molar-refractivity contribution is 9.10. The van der Waals surface area contributed by atoms with Crippen LogP contribution in [0.25, 0.3) is 0 Å². The van der Waals surface area contributed by atoms with Gasteiger partial charge in [0.1, 0.15) is 5.75 Å². The van der Waals surface area contributed by atoms with Crippen LogP contribution in [0.3, 0.4) is 0 Å². The molecule has 2 rings (SSSR count). The Kier molecular flexibility index (Phi) is 4.82. The third-order valence-electron chi connectivity index (χ3n) is 2.87. The Morgan fingerprint density at radius 1 is 1.53 bits per heavy atom. The molecule has 0 aromatic heterocycles. The maximum atomic E-state index is 11.4. The molecule has 104 valence electrons. The molecule has 19 heavy (non-hydrogen) atoms. The summed E-state index contributed by atoms with van der Waals surface area (Å²) in [7, 11) is 0. The molecule has 0 spiro atoms. The van der Waals surface area contributed by atoms with E-state index in [1.165, 1.54) is 5.56 Å². The van der Waals surface area contributed by atoms with Crippen LogP contribution >= 0.6 is 15.9 Å². The van der Waals surface area contributed by atoms with Crippen molar-refractivity contribution in [1.82, 2.24) is 5.32 Å². The normalized spacial score (nSPS) is 18.7. The summed E-state index contributed by atoms with van der Waals surface area (Å²) in [6.07, 6.45) is 0.137. The van der Waals surface area contributed by atoms with E-state index in [9.17, 15) is 4.79 Å². The van der Waals surface area contributed by atoms with E-state index >= 15 is 0 Å². The maximum absolute atomic E-state index is 11.4. The van der Waals surface area contributed by atoms with Crippen molar-refractivity contribution in [3.05, 3.63) is 28.2 Å². The summed E-state index contributed by atoms with van der Waals surface area (Å²) in [5, 5.41) is 3.35. The first-order chi connectivity index (χ1) is 9.06. The number of benzene rings is 1. The number of cyclic esters (lactones) is 1. The smallest absolute Gasteiger partial charge is 0.347 e. The fraction of sp³-hybridized carbons (Fsp3) is 0.500. The topological polar surface area (TPSA) is 47.6 Å². The Bertz CT molecular complexity index is 462. The number of rotatable bonds is 5. The SMILES string of the molecule is CC(C)NCc1ccc(OC2CCOC2=O)c(Br)c1. The van der Waals surface area contributed by atoms with E-state index in [1.807, 2.05) is 18.2 Å². The summed E-state index contributed by atoms with van der Waals surface area (Å²) in [5.41, 5.74) is 1.17. The van der Waals surface area contributed by atoms with Crippen molar-refractivity contribution in [2.45, 2.75) is 39.0 Å². The minimum absolute atomic E-state index is 0.280. The summed E-state index contributed by atoms with van der Waals surface area (Å²) in [6, 6.07) is 6.33.